The molecule has 0 aliphatic carbocycles. The number of nitrogens with zero attached hydrogens (tertiary/aromatic N) is 1. The fourth-order valence-corrected chi connectivity index (χ4v) is 2.26. The lowest BCUT2D eigenvalue weighted by Gasteiger charge is -2.18. The predicted octanol–water partition coefficient (Wildman–Crippen LogP) is -0.163. The number of hydrogen-bond donors (Lipinski definition) is 1. The number of nitrogens with one attached hydrogen (secondary N) is 1. The number of carbonyl (C=O) groups is 4. The van der Waals surface area contributed by atoms with E-state index in [1.54, 1.807) is 0 Å². The van der Waals surface area contributed by atoms with Crippen molar-refractivity contribution < 1.29 is 23.6 Å². The fourth-order valence-electron chi connectivity index (χ4n) is 2.26. The number of carbonyl (C=O) groups excluding carboxylic acids is 4. The molecule has 19 heavy (non-hydrogen) atoms. The molecule has 7 heteroatoms. The van der Waals surface area contributed by atoms with Crippen molar-refractivity contribution in [3.05, 3.63) is 35.1 Å². The van der Waals surface area contributed by atoms with Crippen LogP contribution in [0.2, 0.25) is 0 Å². The first-order valence-corrected chi connectivity index (χ1v) is 5.50. The minimum absolute atomic E-state index is 0.0403. The Hall–Kier alpha value is -2.57. The second-order valence-corrected chi connectivity index (χ2v) is 4.30. The van der Waals surface area contributed by atoms with Gasteiger partial charge in [-0.2, -0.15) is 0 Å². The van der Waals surface area contributed by atoms with Gasteiger partial charge in [-0.05, 0) is 18.2 Å². The summed E-state index contributed by atoms with van der Waals surface area (Å²) in [6.07, 6.45) is -0.257. The monoisotopic (exact) mass is 262 g/mol. The summed E-state index contributed by atoms with van der Waals surface area (Å²) in [6.45, 7) is 0. The largest absolute Gasteiger partial charge is 0.295 e. The summed E-state index contributed by atoms with van der Waals surface area (Å²) in [6, 6.07) is 2.06. The molecule has 1 unspecified atom stereocenters. The van der Waals surface area contributed by atoms with Gasteiger partial charge in [0.25, 0.3) is 11.8 Å². The molecular weight excluding hydrogens is 255 g/mol. The molecule has 0 aromatic heterocycles. The van der Waals surface area contributed by atoms with E-state index in [1.807, 2.05) is 5.32 Å². The Bertz CT molecular complexity index is 655. The summed E-state index contributed by atoms with van der Waals surface area (Å²) in [4.78, 5) is 47.5. The Balaban J connectivity index is 2.03. The molecule has 0 saturated carbocycles. The highest BCUT2D eigenvalue weighted by Gasteiger charge is 2.46. The molecule has 4 amide bonds. The van der Waals surface area contributed by atoms with Gasteiger partial charge in [0, 0.05) is 0 Å². The first kappa shape index (κ1) is 11.5. The average molecular weight is 262 g/mol. The van der Waals surface area contributed by atoms with Crippen LogP contribution < -0.4 is 5.32 Å². The molecule has 2 aliphatic heterocycles. The van der Waals surface area contributed by atoms with Crippen LogP contribution in [0.25, 0.3) is 0 Å². The van der Waals surface area contributed by atoms with E-state index < -0.39 is 35.5 Å². The molecule has 6 nitrogen and oxygen atoms in total. The standard InChI is InChI=1S/C12H7FN2O4/c13-5-1-2-6-7(3-5)12(19)15(11(6)18)8-4-9(16)14-10(8)17/h1-3,8H,4H2,(H,14,16,17). The molecule has 2 heterocycles. The van der Waals surface area contributed by atoms with Crippen molar-refractivity contribution in [2.75, 3.05) is 0 Å². The first-order chi connectivity index (χ1) is 8.99. The molecule has 1 N–H and O–H groups in total. The van der Waals surface area contributed by atoms with Crippen LogP contribution in [0.4, 0.5) is 4.39 Å². The second-order valence-electron chi connectivity index (χ2n) is 4.30. The fraction of sp³-hybridized carbons (Fsp3) is 0.167. The van der Waals surface area contributed by atoms with Gasteiger partial charge < -0.3 is 0 Å². The van der Waals surface area contributed by atoms with Crippen molar-refractivity contribution in [3.63, 3.8) is 0 Å². The Kier molecular flexibility index (Phi) is 2.25. The van der Waals surface area contributed by atoms with E-state index >= 15 is 0 Å². The highest BCUT2D eigenvalue weighted by Crippen LogP contribution is 2.27. The number of imide groups is 2. The number of benzene rings is 1. The maximum atomic E-state index is 13.1. The summed E-state index contributed by atoms with van der Waals surface area (Å²) in [5, 5.41) is 2.02. The molecule has 96 valence electrons. The molecule has 1 fully saturated rings. The van der Waals surface area contributed by atoms with Gasteiger partial charge in [-0.3, -0.25) is 29.4 Å². The van der Waals surface area contributed by atoms with Crippen LogP contribution in [-0.2, 0) is 9.59 Å². The van der Waals surface area contributed by atoms with Gasteiger partial charge in [-0.1, -0.05) is 0 Å². The SMILES string of the molecule is O=C1CC(N2C(=O)c3ccc(F)cc3C2=O)C(=O)N1. The molecule has 0 radical (unpaired) electrons. The van der Waals surface area contributed by atoms with Crippen molar-refractivity contribution in [2.45, 2.75) is 12.5 Å². The maximum Gasteiger partial charge on any atom is 0.262 e. The van der Waals surface area contributed by atoms with Crippen LogP contribution in [0.5, 0.6) is 0 Å². The third-order valence-corrected chi connectivity index (χ3v) is 3.14. The molecule has 1 atom stereocenters. The minimum Gasteiger partial charge on any atom is -0.295 e. The van der Waals surface area contributed by atoms with E-state index in [9.17, 15) is 23.6 Å². The summed E-state index contributed by atoms with van der Waals surface area (Å²) in [5.74, 6) is -3.32. The van der Waals surface area contributed by atoms with Gasteiger partial charge in [0.05, 0.1) is 17.5 Å². The van der Waals surface area contributed by atoms with Crippen molar-refractivity contribution >= 4 is 23.6 Å². The van der Waals surface area contributed by atoms with Crippen LogP contribution in [0.3, 0.4) is 0 Å². The zero-order chi connectivity index (χ0) is 13.7. The number of amides is 4. The second kappa shape index (κ2) is 3.71. The quantitative estimate of drug-likeness (QED) is 0.713. The average Bonchev–Trinajstić information content (AvgIpc) is 2.78. The van der Waals surface area contributed by atoms with E-state index in [0.717, 1.165) is 12.1 Å². The van der Waals surface area contributed by atoms with Crippen LogP contribution in [0.1, 0.15) is 27.1 Å². The van der Waals surface area contributed by atoms with Crippen molar-refractivity contribution in [2.24, 2.45) is 0 Å². The lowest BCUT2D eigenvalue weighted by Crippen LogP contribution is -2.44. The summed E-state index contributed by atoms with van der Waals surface area (Å²) in [7, 11) is 0. The molecule has 2 aliphatic rings. The van der Waals surface area contributed by atoms with Crippen LogP contribution in [-0.4, -0.2) is 34.6 Å². The minimum atomic E-state index is -1.15. The lowest BCUT2D eigenvalue weighted by molar-refractivity contribution is -0.125. The molecule has 1 saturated heterocycles. The number of rotatable bonds is 1. The lowest BCUT2D eigenvalue weighted by atomic mass is 10.1. The molecule has 0 spiro atoms. The van der Waals surface area contributed by atoms with E-state index in [1.165, 1.54) is 6.07 Å². The van der Waals surface area contributed by atoms with Crippen LogP contribution in [0.15, 0.2) is 18.2 Å². The Morgan fingerprint density at radius 2 is 1.79 bits per heavy atom. The van der Waals surface area contributed by atoms with Gasteiger partial charge in [0.15, 0.2) is 0 Å². The van der Waals surface area contributed by atoms with Crippen molar-refractivity contribution in [1.82, 2.24) is 10.2 Å². The maximum absolute atomic E-state index is 13.1. The zero-order valence-corrected chi connectivity index (χ0v) is 9.47. The third kappa shape index (κ3) is 1.55. The van der Waals surface area contributed by atoms with E-state index in [-0.39, 0.29) is 17.5 Å². The smallest absolute Gasteiger partial charge is 0.262 e. The molecule has 0 bridgehead atoms. The highest BCUT2D eigenvalue weighted by atomic mass is 19.1. The van der Waals surface area contributed by atoms with E-state index in [4.69, 9.17) is 0 Å². The van der Waals surface area contributed by atoms with E-state index in [0.29, 0.717) is 4.90 Å². The topological polar surface area (TPSA) is 83.6 Å². The summed E-state index contributed by atoms with van der Waals surface area (Å²) >= 11 is 0. The number of hydrogen-bond acceptors (Lipinski definition) is 4. The van der Waals surface area contributed by atoms with Crippen molar-refractivity contribution in [1.29, 1.82) is 0 Å². The van der Waals surface area contributed by atoms with Crippen molar-refractivity contribution in [3.8, 4) is 0 Å². The van der Waals surface area contributed by atoms with Gasteiger partial charge in [-0.15, -0.1) is 0 Å². The number of fused-ring (bicyclic) bond motifs is 1. The van der Waals surface area contributed by atoms with Gasteiger partial charge in [-0.25, -0.2) is 4.39 Å². The first-order valence-electron chi connectivity index (χ1n) is 5.50. The normalized spacial score (nSPS) is 21.9. The van der Waals surface area contributed by atoms with Gasteiger partial charge >= 0.3 is 0 Å². The molecule has 3 rings (SSSR count). The Morgan fingerprint density at radius 3 is 2.42 bits per heavy atom. The molecule has 1 aromatic carbocycles. The van der Waals surface area contributed by atoms with Crippen LogP contribution >= 0.6 is 0 Å². The molecular formula is C12H7FN2O4. The third-order valence-electron chi connectivity index (χ3n) is 3.14. The predicted molar refractivity (Wildman–Crippen MR) is 58.5 cm³/mol. The van der Waals surface area contributed by atoms with Gasteiger partial charge in [0.2, 0.25) is 11.8 Å². The van der Waals surface area contributed by atoms with Gasteiger partial charge in [0.1, 0.15) is 11.9 Å². The number of halogens is 1. The molecule has 1 aromatic rings. The van der Waals surface area contributed by atoms with Crippen LogP contribution in [0, 0.1) is 5.82 Å². The summed E-state index contributed by atoms with van der Waals surface area (Å²) in [5.41, 5.74) is -0.0457. The zero-order valence-electron chi connectivity index (χ0n) is 9.47. The summed E-state index contributed by atoms with van der Waals surface area (Å²) < 4.78 is 13.1. The Morgan fingerprint density at radius 1 is 1.11 bits per heavy atom. The van der Waals surface area contributed by atoms with E-state index in [2.05, 4.69) is 0 Å². The highest BCUT2D eigenvalue weighted by molar-refractivity contribution is 6.24. The Labute approximate surface area is 106 Å².